The first kappa shape index (κ1) is 14.1. The van der Waals surface area contributed by atoms with Crippen LogP contribution in [0.15, 0.2) is 28.8 Å². The second-order valence-corrected chi connectivity index (χ2v) is 6.33. The lowest BCUT2D eigenvalue weighted by molar-refractivity contribution is 0.252. The zero-order chi connectivity index (χ0) is 14.8. The Morgan fingerprint density at radius 1 is 1.14 bits per heavy atom. The number of aromatic hydroxyl groups is 1. The lowest BCUT2D eigenvalue weighted by Gasteiger charge is -2.29. The molecule has 1 N–H and O–H groups in total. The molecular formula is C17H22N2O2. The van der Waals surface area contributed by atoms with E-state index < -0.39 is 0 Å². The fourth-order valence-electron chi connectivity index (χ4n) is 3.21. The SMILES string of the molecule is CC(C)C1CCC(c2noc(-c3ccccc3O)n2)CC1. The third kappa shape index (κ3) is 2.94. The molecule has 4 heteroatoms. The predicted molar refractivity (Wildman–Crippen MR) is 80.9 cm³/mol. The molecule has 0 unspecified atom stereocenters. The average Bonchev–Trinajstić information content (AvgIpc) is 2.97. The van der Waals surface area contributed by atoms with Gasteiger partial charge in [0.05, 0.1) is 5.56 Å². The van der Waals surface area contributed by atoms with Crippen LogP contribution in [0.4, 0.5) is 0 Å². The maximum Gasteiger partial charge on any atom is 0.261 e. The molecule has 0 bridgehead atoms. The van der Waals surface area contributed by atoms with Gasteiger partial charge in [-0.25, -0.2) is 0 Å². The topological polar surface area (TPSA) is 59.2 Å². The van der Waals surface area contributed by atoms with Gasteiger partial charge in [-0.1, -0.05) is 31.1 Å². The van der Waals surface area contributed by atoms with Crippen LogP contribution in [-0.2, 0) is 0 Å². The standard InChI is InChI=1S/C17H22N2O2/c1-11(2)12-7-9-13(10-8-12)16-18-17(21-19-16)14-5-3-4-6-15(14)20/h3-6,11-13,20H,7-10H2,1-2H3. The molecule has 1 aliphatic rings. The first-order valence-corrected chi connectivity index (χ1v) is 7.77. The fourth-order valence-corrected chi connectivity index (χ4v) is 3.21. The van der Waals surface area contributed by atoms with Crippen molar-refractivity contribution in [2.24, 2.45) is 11.8 Å². The minimum Gasteiger partial charge on any atom is -0.507 e. The predicted octanol–water partition coefficient (Wildman–Crippen LogP) is 4.37. The van der Waals surface area contributed by atoms with E-state index in [1.165, 1.54) is 12.8 Å². The summed E-state index contributed by atoms with van der Waals surface area (Å²) in [4.78, 5) is 4.50. The van der Waals surface area contributed by atoms with Crippen molar-refractivity contribution in [1.82, 2.24) is 10.1 Å². The van der Waals surface area contributed by atoms with Crippen LogP contribution in [0.2, 0.25) is 0 Å². The van der Waals surface area contributed by atoms with E-state index in [4.69, 9.17) is 4.52 Å². The molecule has 1 aliphatic carbocycles. The normalized spacial score (nSPS) is 22.6. The molecule has 1 aromatic carbocycles. The second kappa shape index (κ2) is 5.88. The van der Waals surface area contributed by atoms with Gasteiger partial charge in [-0.15, -0.1) is 0 Å². The van der Waals surface area contributed by atoms with E-state index in [0.29, 0.717) is 17.4 Å². The largest absolute Gasteiger partial charge is 0.507 e. The third-order valence-corrected chi connectivity index (χ3v) is 4.66. The number of hydrogen-bond acceptors (Lipinski definition) is 4. The van der Waals surface area contributed by atoms with Crippen LogP contribution in [-0.4, -0.2) is 15.2 Å². The minimum atomic E-state index is 0.177. The first-order chi connectivity index (χ1) is 10.1. The molecule has 2 aromatic rings. The molecule has 0 atom stereocenters. The molecule has 4 nitrogen and oxygen atoms in total. The number of para-hydroxylation sites is 1. The van der Waals surface area contributed by atoms with E-state index in [-0.39, 0.29) is 5.75 Å². The van der Waals surface area contributed by atoms with Crippen molar-refractivity contribution >= 4 is 0 Å². The summed E-state index contributed by atoms with van der Waals surface area (Å²) in [7, 11) is 0. The lowest BCUT2D eigenvalue weighted by Crippen LogP contribution is -2.18. The smallest absolute Gasteiger partial charge is 0.261 e. The molecule has 0 saturated heterocycles. The van der Waals surface area contributed by atoms with Gasteiger partial charge in [0.15, 0.2) is 5.82 Å². The van der Waals surface area contributed by atoms with Crippen LogP contribution in [0.5, 0.6) is 5.75 Å². The van der Waals surface area contributed by atoms with Gasteiger partial charge in [0, 0.05) is 5.92 Å². The Bertz CT molecular complexity index is 598. The van der Waals surface area contributed by atoms with Gasteiger partial charge in [-0.3, -0.25) is 0 Å². The van der Waals surface area contributed by atoms with Gasteiger partial charge >= 0.3 is 0 Å². The number of aromatic nitrogens is 2. The van der Waals surface area contributed by atoms with Crippen molar-refractivity contribution in [3.05, 3.63) is 30.1 Å². The van der Waals surface area contributed by atoms with Gasteiger partial charge in [-0.05, 0) is 49.7 Å². The van der Waals surface area contributed by atoms with Crippen LogP contribution in [0.25, 0.3) is 11.5 Å². The van der Waals surface area contributed by atoms with Crippen LogP contribution >= 0.6 is 0 Å². The number of hydrogen-bond donors (Lipinski definition) is 1. The monoisotopic (exact) mass is 286 g/mol. The molecule has 21 heavy (non-hydrogen) atoms. The summed E-state index contributed by atoms with van der Waals surface area (Å²) in [5, 5.41) is 14.0. The summed E-state index contributed by atoms with van der Waals surface area (Å²) in [6.07, 6.45) is 4.73. The Morgan fingerprint density at radius 3 is 2.52 bits per heavy atom. The molecule has 0 spiro atoms. The molecule has 0 radical (unpaired) electrons. The Balaban J connectivity index is 1.73. The van der Waals surface area contributed by atoms with E-state index in [1.807, 2.05) is 6.07 Å². The Kier molecular flexibility index (Phi) is 3.95. The Hall–Kier alpha value is -1.84. The van der Waals surface area contributed by atoms with Crippen molar-refractivity contribution < 1.29 is 9.63 Å². The molecule has 0 amide bonds. The zero-order valence-electron chi connectivity index (χ0n) is 12.6. The molecule has 1 aromatic heterocycles. The summed E-state index contributed by atoms with van der Waals surface area (Å²) in [5.74, 6) is 3.35. The molecule has 3 rings (SSSR count). The summed E-state index contributed by atoms with van der Waals surface area (Å²) >= 11 is 0. The molecular weight excluding hydrogens is 264 g/mol. The highest BCUT2D eigenvalue weighted by Gasteiger charge is 2.27. The average molecular weight is 286 g/mol. The lowest BCUT2D eigenvalue weighted by atomic mass is 9.77. The van der Waals surface area contributed by atoms with E-state index >= 15 is 0 Å². The summed E-state index contributed by atoms with van der Waals surface area (Å²) in [5.41, 5.74) is 0.604. The number of phenolic OH excluding ortho intramolecular Hbond substituents is 1. The number of phenols is 1. The van der Waals surface area contributed by atoms with Crippen molar-refractivity contribution in [2.45, 2.75) is 45.4 Å². The van der Waals surface area contributed by atoms with Crippen LogP contribution in [0.3, 0.4) is 0 Å². The van der Waals surface area contributed by atoms with Gasteiger partial charge in [-0.2, -0.15) is 4.98 Å². The molecule has 1 fully saturated rings. The fraction of sp³-hybridized carbons (Fsp3) is 0.529. The number of benzene rings is 1. The van der Waals surface area contributed by atoms with Crippen molar-refractivity contribution in [3.8, 4) is 17.2 Å². The first-order valence-electron chi connectivity index (χ1n) is 7.77. The van der Waals surface area contributed by atoms with Crippen molar-refractivity contribution in [3.63, 3.8) is 0 Å². The van der Waals surface area contributed by atoms with E-state index in [9.17, 15) is 5.11 Å². The summed E-state index contributed by atoms with van der Waals surface area (Å²) in [6, 6.07) is 7.06. The van der Waals surface area contributed by atoms with Crippen LogP contribution < -0.4 is 0 Å². The Morgan fingerprint density at radius 2 is 1.86 bits per heavy atom. The van der Waals surface area contributed by atoms with Crippen molar-refractivity contribution in [2.75, 3.05) is 0 Å². The Labute approximate surface area is 125 Å². The van der Waals surface area contributed by atoms with Gasteiger partial charge < -0.3 is 9.63 Å². The minimum absolute atomic E-state index is 0.177. The van der Waals surface area contributed by atoms with E-state index in [0.717, 1.165) is 30.5 Å². The van der Waals surface area contributed by atoms with Gasteiger partial charge in [0.25, 0.3) is 5.89 Å². The summed E-state index contributed by atoms with van der Waals surface area (Å²) < 4.78 is 5.34. The molecule has 1 heterocycles. The van der Waals surface area contributed by atoms with Crippen LogP contribution in [0, 0.1) is 11.8 Å². The second-order valence-electron chi connectivity index (χ2n) is 6.33. The van der Waals surface area contributed by atoms with E-state index in [1.54, 1.807) is 18.2 Å². The maximum atomic E-state index is 9.85. The third-order valence-electron chi connectivity index (χ3n) is 4.66. The highest BCUT2D eigenvalue weighted by atomic mass is 16.5. The van der Waals surface area contributed by atoms with Gasteiger partial charge in [0.1, 0.15) is 5.75 Å². The molecule has 112 valence electrons. The quantitative estimate of drug-likeness (QED) is 0.910. The molecule has 0 aliphatic heterocycles. The highest BCUT2D eigenvalue weighted by Crippen LogP contribution is 2.38. The summed E-state index contributed by atoms with van der Waals surface area (Å²) in [6.45, 7) is 4.60. The zero-order valence-corrected chi connectivity index (χ0v) is 12.6. The number of nitrogens with zero attached hydrogens (tertiary/aromatic N) is 2. The van der Waals surface area contributed by atoms with E-state index in [2.05, 4.69) is 24.0 Å². The highest BCUT2D eigenvalue weighted by molar-refractivity contribution is 5.61. The van der Waals surface area contributed by atoms with Crippen molar-refractivity contribution in [1.29, 1.82) is 0 Å². The van der Waals surface area contributed by atoms with Crippen LogP contribution in [0.1, 0.15) is 51.3 Å². The maximum absolute atomic E-state index is 9.85. The number of rotatable bonds is 3. The molecule has 1 saturated carbocycles. The van der Waals surface area contributed by atoms with Gasteiger partial charge in [0.2, 0.25) is 0 Å².